The molecule has 4 aromatic carbocycles. The maximum absolute atomic E-state index is 14.3. The predicted molar refractivity (Wildman–Crippen MR) is 143 cm³/mol. The molecule has 0 saturated carbocycles. The van der Waals surface area contributed by atoms with E-state index in [2.05, 4.69) is 0 Å². The molecule has 0 bridgehead atoms. The van der Waals surface area contributed by atoms with Gasteiger partial charge in [0.2, 0.25) is 0 Å². The molecular weight excluding hydrogens is 485 g/mol. The summed E-state index contributed by atoms with van der Waals surface area (Å²) in [5.41, 5.74) is 3.85. The van der Waals surface area contributed by atoms with Crippen molar-refractivity contribution in [1.29, 1.82) is 0 Å². The van der Waals surface area contributed by atoms with Gasteiger partial charge >= 0.3 is 0 Å². The Morgan fingerprint density at radius 1 is 0.784 bits per heavy atom. The van der Waals surface area contributed by atoms with Gasteiger partial charge in [-0.05, 0) is 66.3 Å². The molecule has 1 heterocycles. The molecule has 1 aliphatic carbocycles. The summed E-state index contributed by atoms with van der Waals surface area (Å²) in [6.07, 6.45) is 0.572. The first kappa shape index (κ1) is 23.4. The van der Waals surface area contributed by atoms with E-state index in [0.29, 0.717) is 17.5 Å². The number of aromatic nitrogens is 1. The van der Waals surface area contributed by atoms with Crippen LogP contribution in [-0.2, 0) is 16.4 Å². The topological polar surface area (TPSA) is 56.1 Å². The van der Waals surface area contributed by atoms with Crippen molar-refractivity contribution in [3.05, 3.63) is 147 Å². The molecule has 1 aliphatic rings. The number of para-hydroxylation sites is 1. The van der Waals surface area contributed by atoms with Gasteiger partial charge in [-0.15, -0.1) is 0 Å². The van der Waals surface area contributed by atoms with E-state index in [0.717, 1.165) is 31.6 Å². The number of aryl methyl sites for hydroxylation is 1. The van der Waals surface area contributed by atoms with Gasteiger partial charge in [0.1, 0.15) is 5.82 Å². The second-order valence-electron chi connectivity index (χ2n) is 9.55. The van der Waals surface area contributed by atoms with Gasteiger partial charge in [-0.25, -0.2) is 12.8 Å². The lowest BCUT2D eigenvalue weighted by molar-refractivity contribution is 0.586. The molecule has 0 spiro atoms. The van der Waals surface area contributed by atoms with Crippen LogP contribution in [0.2, 0.25) is 0 Å². The Morgan fingerprint density at radius 3 is 2.14 bits per heavy atom. The summed E-state index contributed by atoms with van der Waals surface area (Å²) in [7, 11) is -4.18. The van der Waals surface area contributed by atoms with E-state index < -0.39 is 21.5 Å². The highest BCUT2D eigenvalue weighted by Gasteiger charge is 2.40. The molecule has 5 aromatic rings. The third-order valence-corrected chi connectivity index (χ3v) is 9.05. The second-order valence-corrected chi connectivity index (χ2v) is 11.3. The van der Waals surface area contributed by atoms with Crippen molar-refractivity contribution in [2.45, 2.75) is 30.1 Å². The first-order valence-electron chi connectivity index (χ1n) is 12.2. The fourth-order valence-corrected chi connectivity index (χ4v) is 7.04. The van der Waals surface area contributed by atoms with Crippen molar-refractivity contribution in [3.8, 4) is 0 Å². The second kappa shape index (κ2) is 8.82. The maximum Gasteiger partial charge on any atom is 0.271 e. The molecule has 6 heteroatoms. The minimum Gasteiger partial charge on any atom is -0.268 e. The van der Waals surface area contributed by atoms with E-state index >= 15 is 0 Å². The Labute approximate surface area is 214 Å². The molecule has 0 N–H and O–H groups in total. The third-order valence-electron chi connectivity index (χ3n) is 7.34. The molecule has 1 aromatic heterocycles. The van der Waals surface area contributed by atoms with Crippen LogP contribution < -0.4 is 5.56 Å². The van der Waals surface area contributed by atoms with Crippen LogP contribution in [0.3, 0.4) is 0 Å². The largest absolute Gasteiger partial charge is 0.271 e. The minimum atomic E-state index is -4.18. The normalized spacial score (nSPS) is 17.1. The number of fused-ring (bicyclic) bond motifs is 3. The van der Waals surface area contributed by atoms with E-state index in [9.17, 15) is 17.6 Å². The zero-order valence-electron chi connectivity index (χ0n) is 20.1. The van der Waals surface area contributed by atoms with Crippen LogP contribution in [-0.4, -0.2) is 12.4 Å². The number of benzene rings is 4. The van der Waals surface area contributed by atoms with Crippen molar-refractivity contribution in [1.82, 2.24) is 3.97 Å². The molecule has 6 rings (SSSR count). The lowest BCUT2D eigenvalue weighted by Crippen LogP contribution is -2.32. The molecule has 37 heavy (non-hydrogen) atoms. The van der Waals surface area contributed by atoms with Crippen molar-refractivity contribution in [2.75, 3.05) is 0 Å². The van der Waals surface area contributed by atoms with Gasteiger partial charge in [-0.2, -0.15) is 3.97 Å². The Balaban J connectivity index is 1.68. The van der Waals surface area contributed by atoms with Crippen LogP contribution >= 0.6 is 0 Å². The Bertz CT molecular complexity index is 1790. The number of hydrogen-bond acceptors (Lipinski definition) is 3. The van der Waals surface area contributed by atoms with Crippen LogP contribution in [0.5, 0.6) is 0 Å². The molecule has 0 saturated heterocycles. The Kier molecular flexibility index (Phi) is 5.57. The molecular formula is C31H24FNO3S. The SMILES string of the molecule is Cc1ccc(S(=O)(=O)n2c(=O)c3c(c4ccccc42)C[C@@H](c2ccccc2)[C@@H]3c2ccc(F)cc2)cc1. The molecule has 0 amide bonds. The van der Waals surface area contributed by atoms with Gasteiger partial charge in [0.15, 0.2) is 0 Å². The highest BCUT2D eigenvalue weighted by molar-refractivity contribution is 7.90. The summed E-state index contributed by atoms with van der Waals surface area (Å²) < 4.78 is 42.7. The van der Waals surface area contributed by atoms with Crippen molar-refractivity contribution >= 4 is 20.9 Å². The minimum absolute atomic E-state index is 0.0567. The van der Waals surface area contributed by atoms with E-state index in [1.54, 1.807) is 36.4 Å². The quantitative estimate of drug-likeness (QED) is 0.292. The van der Waals surface area contributed by atoms with Crippen LogP contribution in [0, 0.1) is 12.7 Å². The summed E-state index contributed by atoms with van der Waals surface area (Å²) in [6.45, 7) is 1.88. The van der Waals surface area contributed by atoms with Gasteiger partial charge in [-0.1, -0.05) is 78.4 Å². The summed E-state index contributed by atoms with van der Waals surface area (Å²) >= 11 is 0. The zero-order chi connectivity index (χ0) is 25.7. The third kappa shape index (κ3) is 3.80. The van der Waals surface area contributed by atoms with Gasteiger partial charge in [0, 0.05) is 16.9 Å². The maximum atomic E-state index is 14.3. The van der Waals surface area contributed by atoms with Gasteiger partial charge in [0.25, 0.3) is 15.6 Å². The van der Waals surface area contributed by atoms with Gasteiger partial charge < -0.3 is 0 Å². The summed E-state index contributed by atoms with van der Waals surface area (Å²) in [5, 5.41) is 0.735. The molecule has 2 atom stereocenters. The smallest absolute Gasteiger partial charge is 0.268 e. The van der Waals surface area contributed by atoms with Gasteiger partial charge in [-0.3, -0.25) is 4.79 Å². The van der Waals surface area contributed by atoms with E-state index in [1.807, 2.05) is 49.4 Å². The molecule has 0 aliphatic heterocycles. The monoisotopic (exact) mass is 509 g/mol. The fraction of sp³-hybridized carbons (Fsp3) is 0.129. The summed E-state index contributed by atoms with van der Waals surface area (Å²) in [6, 6.07) is 29.7. The highest BCUT2D eigenvalue weighted by atomic mass is 32.2. The number of rotatable bonds is 4. The molecule has 184 valence electrons. The number of halogens is 1. The van der Waals surface area contributed by atoms with Crippen molar-refractivity contribution in [3.63, 3.8) is 0 Å². The average Bonchev–Trinajstić information content (AvgIpc) is 3.31. The van der Waals surface area contributed by atoms with Crippen LogP contribution in [0.1, 0.15) is 39.7 Å². The fourth-order valence-electron chi connectivity index (χ4n) is 5.61. The van der Waals surface area contributed by atoms with Crippen LogP contribution in [0.15, 0.2) is 113 Å². The van der Waals surface area contributed by atoms with E-state index in [4.69, 9.17) is 0 Å². The zero-order valence-corrected chi connectivity index (χ0v) is 21.0. The van der Waals surface area contributed by atoms with Gasteiger partial charge in [0.05, 0.1) is 10.4 Å². The lowest BCUT2D eigenvalue weighted by atomic mass is 9.82. The molecule has 0 radical (unpaired) electrons. The first-order valence-corrected chi connectivity index (χ1v) is 13.6. The summed E-state index contributed by atoms with van der Waals surface area (Å²) in [5.74, 6) is -0.888. The molecule has 4 nitrogen and oxygen atoms in total. The number of hydrogen-bond donors (Lipinski definition) is 0. The van der Waals surface area contributed by atoms with Crippen molar-refractivity contribution < 1.29 is 12.8 Å². The number of nitrogens with zero attached hydrogens (tertiary/aromatic N) is 1. The number of pyridine rings is 1. The van der Waals surface area contributed by atoms with E-state index in [-0.39, 0.29) is 16.6 Å². The standard InChI is InChI=1S/C31H24FNO3S/c1-20-11-17-24(18-12-20)37(35,36)33-28-10-6-5-9-25(28)27-19-26(21-7-3-2-4-8-21)29(30(27)31(33)34)22-13-15-23(32)16-14-22/h2-18,26,29H,19H2,1H3/t26-,29-/m0/s1. The Morgan fingerprint density at radius 2 is 1.43 bits per heavy atom. The first-order chi connectivity index (χ1) is 17.9. The van der Waals surface area contributed by atoms with Crippen molar-refractivity contribution in [2.24, 2.45) is 0 Å². The highest BCUT2D eigenvalue weighted by Crippen LogP contribution is 2.48. The Hall–Kier alpha value is -4.03. The summed E-state index contributed by atoms with van der Waals surface area (Å²) in [4.78, 5) is 14.4. The predicted octanol–water partition coefficient (Wildman–Crippen LogP) is 6.16. The lowest BCUT2D eigenvalue weighted by Gasteiger charge is -2.22. The van der Waals surface area contributed by atoms with Crippen LogP contribution in [0.25, 0.3) is 10.9 Å². The van der Waals surface area contributed by atoms with E-state index in [1.165, 1.54) is 24.3 Å². The average molecular weight is 510 g/mol. The molecule has 0 unspecified atom stereocenters. The van der Waals surface area contributed by atoms with Crippen LogP contribution in [0.4, 0.5) is 4.39 Å². The molecule has 0 fully saturated rings.